The number of aromatic nitrogens is 1. The SMILES string of the molecule is CC(=O)N(Cc1csc(COc2ccccc2C(C)C)n1)C(C)C. The molecule has 0 aliphatic carbocycles. The number of hydrogen-bond donors (Lipinski definition) is 0. The van der Waals surface area contributed by atoms with Crippen LogP contribution in [0, 0.1) is 0 Å². The van der Waals surface area contributed by atoms with Crippen LogP contribution < -0.4 is 4.74 Å². The molecule has 0 spiro atoms. The van der Waals surface area contributed by atoms with Gasteiger partial charge in [0.25, 0.3) is 0 Å². The third-order valence-electron chi connectivity index (χ3n) is 3.85. The van der Waals surface area contributed by atoms with Gasteiger partial charge >= 0.3 is 0 Å². The molecule has 0 unspecified atom stereocenters. The van der Waals surface area contributed by atoms with Crippen molar-refractivity contribution in [2.45, 2.75) is 59.7 Å². The number of hydrogen-bond acceptors (Lipinski definition) is 4. The molecular weight excluding hydrogens is 320 g/mol. The predicted octanol–water partition coefficient (Wildman–Crippen LogP) is 4.60. The van der Waals surface area contributed by atoms with E-state index in [0.717, 1.165) is 16.5 Å². The third kappa shape index (κ3) is 4.81. The third-order valence-corrected chi connectivity index (χ3v) is 4.72. The summed E-state index contributed by atoms with van der Waals surface area (Å²) in [6.07, 6.45) is 0. The van der Waals surface area contributed by atoms with E-state index in [9.17, 15) is 4.79 Å². The van der Waals surface area contributed by atoms with Crippen molar-refractivity contribution in [2.75, 3.05) is 0 Å². The van der Waals surface area contributed by atoms with Crippen molar-refractivity contribution in [3.8, 4) is 5.75 Å². The summed E-state index contributed by atoms with van der Waals surface area (Å²) >= 11 is 1.57. The number of para-hydroxylation sites is 1. The summed E-state index contributed by atoms with van der Waals surface area (Å²) in [4.78, 5) is 18.1. The number of rotatable bonds is 7. The van der Waals surface area contributed by atoms with Crippen molar-refractivity contribution in [3.63, 3.8) is 0 Å². The highest BCUT2D eigenvalue weighted by Crippen LogP contribution is 2.27. The summed E-state index contributed by atoms with van der Waals surface area (Å²) in [6, 6.07) is 8.29. The van der Waals surface area contributed by atoms with Crippen molar-refractivity contribution < 1.29 is 9.53 Å². The number of amides is 1. The molecule has 0 aliphatic heterocycles. The minimum atomic E-state index is 0.0710. The molecule has 0 saturated carbocycles. The number of ether oxygens (including phenoxy) is 1. The predicted molar refractivity (Wildman–Crippen MR) is 98.3 cm³/mol. The molecule has 0 aliphatic rings. The Morgan fingerprint density at radius 1 is 1.25 bits per heavy atom. The summed E-state index contributed by atoms with van der Waals surface area (Å²) in [7, 11) is 0. The fourth-order valence-electron chi connectivity index (χ4n) is 2.55. The van der Waals surface area contributed by atoms with Gasteiger partial charge in [0, 0.05) is 18.3 Å². The van der Waals surface area contributed by atoms with Gasteiger partial charge in [-0.05, 0) is 31.4 Å². The molecule has 2 rings (SSSR count). The fourth-order valence-corrected chi connectivity index (χ4v) is 3.24. The Morgan fingerprint density at radius 2 is 1.96 bits per heavy atom. The second-order valence-corrected chi connectivity index (χ2v) is 7.40. The van der Waals surface area contributed by atoms with Crippen LogP contribution in [-0.4, -0.2) is 21.8 Å². The normalized spacial score (nSPS) is 11.1. The summed E-state index contributed by atoms with van der Waals surface area (Å²) in [5.41, 5.74) is 2.12. The number of carbonyl (C=O) groups excluding carboxylic acids is 1. The summed E-state index contributed by atoms with van der Waals surface area (Å²) in [6.45, 7) is 10.9. The lowest BCUT2D eigenvalue weighted by Crippen LogP contribution is -2.34. The van der Waals surface area contributed by atoms with Crippen LogP contribution in [0.15, 0.2) is 29.6 Å². The number of nitrogens with zero attached hydrogens (tertiary/aromatic N) is 2. The van der Waals surface area contributed by atoms with E-state index in [2.05, 4.69) is 24.9 Å². The zero-order chi connectivity index (χ0) is 17.7. The first-order chi connectivity index (χ1) is 11.4. The van der Waals surface area contributed by atoms with Crippen LogP contribution in [0.5, 0.6) is 5.75 Å². The average molecular weight is 346 g/mol. The Kier molecular flexibility index (Phi) is 6.37. The standard InChI is InChI=1S/C19H26N2O2S/c1-13(2)17-8-6-7-9-18(17)23-11-19-20-16(12-24-19)10-21(14(3)4)15(5)22/h6-9,12-14H,10-11H2,1-5H3. The maximum absolute atomic E-state index is 11.7. The zero-order valence-corrected chi connectivity index (χ0v) is 15.9. The van der Waals surface area contributed by atoms with Crippen LogP contribution in [0.25, 0.3) is 0 Å². The van der Waals surface area contributed by atoms with Gasteiger partial charge in [-0.3, -0.25) is 4.79 Å². The molecule has 1 aromatic heterocycles. The second-order valence-electron chi connectivity index (χ2n) is 6.45. The van der Waals surface area contributed by atoms with Crippen LogP contribution in [0.3, 0.4) is 0 Å². The van der Waals surface area contributed by atoms with E-state index in [4.69, 9.17) is 4.74 Å². The minimum absolute atomic E-state index is 0.0710. The Bertz CT molecular complexity index is 680. The van der Waals surface area contributed by atoms with E-state index >= 15 is 0 Å². The van der Waals surface area contributed by atoms with E-state index < -0.39 is 0 Å². The van der Waals surface area contributed by atoms with Crippen molar-refractivity contribution in [2.24, 2.45) is 0 Å². The minimum Gasteiger partial charge on any atom is -0.486 e. The Labute approximate surface area is 148 Å². The molecule has 24 heavy (non-hydrogen) atoms. The molecule has 0 bridgehead atoms. The monoisotopic (exact) mass is 346 g/mol. The highest BCUT2D eigenvalue weighted by Gasteiger charge is 2.15. The van der Waals surface area contributed by atoms with Crippen molar-refractivity contribution in [1.29, 1.82) is 0 Å². The Morgan fingerprint density at radius 3 is 2.58 bits per heavy atom. The summed E-state index contributed by atoms with van der Waals surface area (Å²) in [5, 5.41) is 2.93. The van der Waals surface area contributed by atoms with Gasteiger partial charge in [-0.25, -0.2) is 4.98 Å². The summed E-state index contributed by atoms with van der Waals surface area (Å²) < 4.78 is 5.97. The van der Waals surface area contributed by atoms with E-state index in [-0.39, 0.29) is 11.9 Å². The van der Waals surface area contributed by atoms with Crippen molar-refractivity contribution in [1.82, 2.24) is 9.88 Å². The van der Waals surface area contributed by atoms with Gasteiger partial charge in [0.2, 0.25) is 5.91 Å². The molecule has 1 amide bonds. The molecular formula is C19H26N2O2S. The van der Waals surface area contributed by atoms with Crippen LogP contribution in [-0.2, 0) is 17.9 Å². The van der Waals surface area contributed by atoms with Crippen LogP contribution in [0.1, 0.15) is 56.8 Å². The molecule has 0 fully saturated rings. The summed E-state index contributed by atoms with van der Waals surface area (Å²) in [5.74, 6) is 1.40. The van der Waals surface area contributed by atoms with Gasteiger partial charge in [-0.15, -0.1) is 11.3 Å². The maximum atomic E-state index is 11.7. The molecule has 1 heterocycles. The lowest BCUT2D eigenvalue weighted by Gasteiger charge is -2.24. The molecule has 4 nitrogen and oxygen atoms in total. The Hall–Kier alpha value is -1.88. The zero-order valence-electron chi connectivity index (χ0n) is 15.1. The molecule has 0 saturated heterocycles. The highest BCUT2D eigenvalue weighted by atomic mass is 32.1. The Balaban J connectivity index is 2.01. The van der Waals surface area contributed by atoms with E-state index in [1.165, 1.54) is 5.56 Å². The molecule has 130 valence electrons. The maximum Gasteiger partial charge on any atom is 0.220 e. The molecule has 2 aromatic rings. The molecule has 5 heteroatoms. The van der Waals surface area contributed by atoms with Gasteiger partial charge in [-0.2, -0.15) is 0 Å². The smallest absolute Gasteiger partial charge is 0.220 e. The first-order valence-corrected chi connectivity index (χ1v) is 9.18. The van der Waals surface area contributed by atoms with Crippen molar-refractivity contribution >= 4 is 17.2 Å². The quantitative estimate of drug-likeness (QED) is 0.735. The average Bonchev–Trinajstić information content (AvgIpc) is 2.98. The van der Waals surface area contributed by atoms with Gasteiger partial charge in [0.1, 0.15) is 17.4 Å². The van der Waals surface area contributed by atoms with E-state index in [0.29, 0.717) is 19.1 Å². The topological polar surface area (TPSA) is 42.4 Å². The van der Waals surface area contributed by atoms with Gasteiger partial charge in [0.15, 0.2) is 0 Å². The second kappa shape index (κ2) is 8.29. The first kappa shape index (κ1) is 18.5. The molecule has 0 atom stereocenters. The largest absolute Gasteiger partial charge is 0.486 e. The number of benzene rings is 1. The number of carbonyl (C=O) groups is 1. The number of thiazole rings is 1. The fraction of sp³-hybridized carbons (Fsp3) is 0.474. The van der Waals surface area contributed by atoms with Gasteiger partial charge in [0.05, 0.1) is 12.2 Å². The molecule has 1 aromatic carbocycles. The highest BCUT2D eigenvalue weighted by molar-refractivity contribution is 7.09. The van der Waals surface area contributed by atoms with Crippen LogP contribution in [0.4, 0.5) is 0 Å². The van der Waals surface area contributed by atoms with E-state index in [1.807, 2.05) is 42.3 Å². The van der Waals surface area contributed by atoms with Crippen molar-refractivity contribution in [3.05, 3.63) is 45.9 Å². The molecule has 0 N–H and O–H groups in total. The van der Waals surface area contributed by atoms with Gasteiger partial charge < -0.3 is 9.64 Å². The lowest BCUT2D eigenvalue weighted by molar-refractivity contribution is -0.131. The first-order valence-electron chi connectivity index (χ1n) is 8.30. The molecule has 0 radical (unpaired) electrons. The lowest BCUT2D eigenvalue weighted by atomic mass is 10.0. The van der Waals surface area contributed by atoms with Crippen LogP contribution >= 0.6 is 11.3 Å². The van der Waals surface area contributed by atoms with E-state index in [1.54, 1.807) is 18.3 Å². The van der Waals surface area contributed by atoms with Gasteiger partial charge in [-0.1, -0.05) is 32.0 Å². The van der Waals surface area contributed by atoms with Crippen LogP contribution in [0.2, 0.25) is 0 Å².